The molecule has 11 heavy (non-hydrogen) atoms. The average Bonchev–Trinajstić information content (AvgIpc) is 2.53. The normalized spacial score (nSPS) is 9.64. The topological polar surface area (TPSA) is 49.0 Å². The number of amides is 1. The van der Waals surface area contributed by atoms with E-state index in [1.807, 2.05) is 6.92 Å². The molecule has 1 rings (SSSR count). The Labute approximate surface area is 65.2 Å². The number of nitrogens with zero attached hydrogens (tertiary/aromatic N) is 2. The first-order chi connectivity index (χ1) is 5.25. The van der Waals surface area contributed by atoms with Crippen molar-refractivity contribution in [2.45, 2.75) is 6.92 Å². The summed E-state index contributed by atoms with van der Waals surface area (Å²) in [4.78, 5) is 12.9. The van der Waals surface area contributed by atoms with Crippen LogP contribution in [0.1, 0.15) is 17.4 Å². The largest absolute Gasteiger partial charge is 0.341 e. The summed E-state index contributed by atoms with van der Waals surface area (Å²) < 4.78 is 0. The van der Waals surface area contributed by atoms with Gasteiger partial charge >= 0.3 is 0 Å². The van der Waals surface area contributed by atoms with Crippen LogP contribution in [0.5, 0.6) is 0 Å². The fourth-order valence-corrected chi connectivity index (χ4v) is 0.724. The van der Waals surface area contributed by atoms with Gasteiger partial charge in [-0.25, -0.2) is 0 Å². The highest BCUT2D eigenvalue weighted by Crippen LogP contribution is 1.96. The molecule has 1 amide bonds. The highest BCUT2D eigenvalue weighted by molar-refractivity contribution is 5.91. The van der Waals surface area contributed by atoms with Crippen molar-refractivity contribution < 1.29 is 4.79 Å². The summed E-state index contributed by atoms with van der Waals surface area (Å²) in [5.41, 5.74) is 0.536. The number of aromatic amines is 1. The Morgan fingerprint density at radius 3 is 3.00 bits per heavy atom. The minimum atomic E-state index is -0.0231. The zero-order valence-electron chi connectivity index (χ0n) is 6.66. The first-order valence-electron chi connectivity index (χ1n) is 3.50. The molecule has 0 fully saturated rings. The van der Waals surface area contributed by atoms with Gasteiger partial charge in [0.05, 0.1) is 0 Å². The monoisotopic (exact) mass is 153 g/mol. The lowest BCUT2D eigenvalue weighted by Crippen LogP contribution is -2.26. The van der Waals surface area contributed by atoms with Crippen molar-refractivity contribution in [3.8, 4) is 0 Å². The van der Waals surface area contributed by atoms with Gasteiger partial charge in [-0.2, -0.15) is 5.10 Å². The maximum atomic E-state index is 11.3. The summed E-state index contributed by atoms with van der Waals surface area (Å²) in [6.07, 6.45) is 1.57. The smallest absolute Gasteiger partial charge is 0.271 e. The molecular weight excluding hydrogens is 142 g/mol. The number of hydrogen-bond acceptors (Lipinski definition) is 2. The maximum Gasteiger partial charge on any atom is 0.271 e. The summed E-state index contributed by atoms with van der Waals surface area (Å²) in [7, 11) is 1.75. The molecule has 4 nitrogen and oxygen atoms in total. The van der Waals surface area contributed by atoms with E-state index in [0.717, 1.165) is 0 Å². The molecule has 0 aliphatic carbocycles. The van der Waals surface area contributed by atoms with Gasteiger partial charge in [0.25, 0.3) is 5.91 Å². The Morgan fingerprint density at radius 1 is 1.82 bits per heavy atom. The summed E-state index contributed by atoms with van der Waals surface area (Å²) in [6.45, 7) is 2.63. The molecule has 0 atom stereocenters. The van der Waals surface area contributed by atoms with E-state index in [2.05, 4.69) is 10.2 Å². The van der Waals surface area contributed by atoms with Crippen LogP contribution in [0.4, 0.5) is 0 Å². The first-order valence-corrected chi connectivity index (χ1v) is 3.50. The lowest BCUT2D eigenvalue weighted by molar-refractivity contribution is 0.0796. The van der Waals surface area contributed by atoms with Gasteiger partial charge < -0.3 is 4.90 Å². The predicted octanol–water partition coefficient (Wildman–Crippen LogP) is 0.502. The van der Waals surface area contributed by atoms with E-state index in [9.17, 15) is 4.79 Å². The molecule has 0 saturated carbocycles. The van der Waals surface area contributed by atoms with E-state index in [1.165, 1.54) is 0 Å². The zero-order valence-corrected chi connectivity index (χ0v) is 6.66. The van der Waals surface area contributed by atoms with Crippen LogP contribution in [0, 0.1) is 0 Å². The van der Waals surface area contributed by atoms with E-state index in [1.54, 1.807) is 24.2 Å². The maximum absolute atomic E-state index is 11.3. The van der Waals surface area contributed by atoms with Crippen molar-refractivity contribution in [2.24, 2.45) is 0 Å². The molecule has 0 bridgehead atoms. The average molecular weight is 153 g/mol. The van der Waals surface area contributed by atoms with Crippen LogP contribution in [0.3, 0.4) is 0 Å². The summed E-state index contributed by atoms with van der Waals surface area (Å²) in [5, 5.41) is 6.30. The third kappa shape index (κ3) is 1.58. The molecular formula is C7H11N3O. The molecule has 0 radical (unpaired) electrons. The summed E-state index contributed by atoms with van der Waals surface area (Å²) >= 11 is 0. The first kappa shape index (κ1) is 7.78. The second-order valence-corrected chi connectivity index (χ2v) is 2.29. The Bertz CT molecular complexity index is 230. The molecule has 0 spiro atoms. The van der Waals surface area contributed by atoms with Crippen LogP contribution < -0.4 is 0 Å². The molecule has 0 unspecified atom stereocenters. The summed E-state index contributed by atoms with van der Waals surface area (Å²) in [5.74, 6) is -0.0231. The van der Waals surface area contributed by atoms with Gasteiger partial charge in [-0.15, -0.1) is 0 Å². The van der Waals surface area contributed by atoms with Crippen molar-refractivity contribution in [3.05, 3.63) is 18.0 Å². The molecule has 4 heteroatoms. The fraction of sp³-hybridized carbons (Fsp3) is 0.429. The highest BCUT2D eigenvalue weighted by atomic mass is 16.2. The molecule has 1 heterocycles. The Kier molecular flexibility index (Phi) is 2.25. The number of H-pyrrole nitrogens is 1. The summed E-state index contributed by atoms with van der Waals surface area (Å²) in [6, 6.07) is 1.66. The van der Waals surface area contributed by atoms with Crippen LogP contribution in [-0.2, 0) is 0 Å². The van der Waals surface area contributed by atoms with Crippen LogP contribution >= 0.6 is 0 Å². The third-order valence-corrected chi connectivity index (χ3v) is 1.55. The Hall–Kier alpha value is -1.32. The van der Waals surface area contributed by atoms with E-state index in [-0.39, 0.29) is 5.91 Å². The SMILES string of the molecule is CCN(C)C(=O)c1ccn[nH]1. The van der Waals surface area contributed by atoms with Crippen LogP contribution in [-0.4, -0.2) is 34.6 Å². The van der Waals surface area contributed by atoms with Crippen molar-refractivity contribution >= 4 is 5.91 Å². The zero-order chi connectivity index (χ0) is 8.27. The minimum absolute atomic E-state index is 0.0231. The van der Waals surface area contributed by atoms with E-state index in [4.69, 9.17) is 0 Å². The van der Waals surface area contributed by atoms with E-state index >= 15 is 0 Å². The van der Waals surface area contributed by atoms with Gasteiger partial charge in [-0.05, 0) is 13.0 Å². The van der Waals surface area contributed by atoms with Crippen molar-refractivity contribution in [2.75, 3.05) is 13.6 Å². The van der Waals surface area contributed by atoms with Gasteiger partial charge in [0.1, 0.15) is 5.69 Å². The molecule has 0 aliphatic heterocycles. The fourth-order valence-electron chi connectivity index (χ4n) is 0.724. The van der Waals surface area contributed by atoms with Gasteiger partial charge in [0.15, 0.2) is 0 Å². The van der Waals surface area contributed by atoms with Crippen LogP contribution in [0.2, 0.25) is 0 Å². The Balaban J connectivity index is 2.70. The second-order valence-electron chi connectivity index (χ2n) is 2.29. The number of carbonyl (C=O) groups is 1. The molecule has 1 aromatic rings. The van der Waals surface area contributed by atoms with E-state index in [0.29, 0.717) is 12.2 Å². The molecule has 0 aromatic carbocycles. The van der Waals surface area contributed by atoms with Crippen molar-refractivity contribution in [1.82, 2.24) is 15.1 Å². The molecule has 1 N–H and O–H groups in total. The van der Waals surface area contributed by atoms with Gasteiger partial charge in [0, 0.05) is 19.8 Å². The number of rotatable bonds is 2. The second kappa shape index (κ2) is 3.18. The Morgan fingerprint density at radius 2 is 2.55 bits per heavy atom. The molecule has 0 saturated heterocycles. The lowest BCUT2D eigenvalue weighted by atomic mass is 10.4. The quantitative estimate of drug-likeness (QED) is 0.672. The highest BCUT2D eigenvalue weighted by Gasteiger charge is 2.09. The molecule has 0 aliphatic rings. The number of carbonyl (C=O) groups excluding carboxylic acids is 1. The van der Waals surface area contributed by atoms with Crippen LogP contribution in [0.15, 0.2) is 12.3 Å². The number of hydrogen-bond donors (Lipinski definition) is 1. The number of nitrogens with one attached hydrogen (secondary N) is 1. The van der Waals surface area contributed by atoms with Gasteiger partial charge in [-0.3, -0.25) is 9.89 Å². The third-order valence-electron chi connectivity index (χ3n) is 1.55. The minimum Gasteiger partial charge on any atom is -0.341 e. The predicted molar refractivity (Wildman–Crippen MR) is 41.2 cm³/mol. The van der Waals surface area contributed by atoms with Crippen molar-refractivity contribution in [3.63, 3.8) is 0 Å². The number of aromatic nitrogens is 2. The molecule has 60 valence electrons. The van der Waals surface area contributed by atoms with Crippen LogP contribution in [0.25, 0.3) is 0 Å². The molecule has 1 aromatic heterocycles. The van der Waals surface area contributed by atoms with Gasteiger partial charge in [-0.1, -0.05) is 0 Å². The lowest BCUT2D eigenvalue weighted by Gasteiger charge is -2.11. The standard InChI is InChI=1S/C7H11N3O/c1-3-10(2)7(11)6-4-5-8-9-6/h4-5H,3H2,1-2H3,(H,8,9). The van der Waals surface area contributed by atoms with E-state index < -0.39 is 0 Å². The van der Waals surface area contributed by atoms with Gasteiger partial charge in [0.2, 0.25) is 0 Å². The van der Waals surface area contributed by atoms with Crippen molar-refractivity contribution in [1.29, 1.82) is 0 Å².